The second kappa shape index (κ2) is 21.5. The molecule has 0 amide bonds. The number of aryl methyl sites for hydroxylation is 2. The number of carboxylic acid groups (broad SMARTS) is 4. The fourth-order valence-corrected chi connectivity index (χ4v) is 19.2. The molecule has 2 aromatic heterocycles. The molecule has 0 spiro atoms. The van der Waals surface area contributed by atoms with Crippen molar-refractivity contribution in [2.45, 2.75) is 0 Å². The van der Waals surface area contributed by atoms with E-state index in [0.717, 1.165) is 72.5 Å². The molecule has 10 nitrogen and oxygen atoms in total. The van der Waals surface area contributed by atoms with Crippen LogP contribution in [0.5, 0.6) is 0 Å². The fourth-order valence-electron chi connectivity index (χ4n) is 3.91. The Kier molecular flexibility index (Phi) is 18.2. The Labute approximate surface area is 363 Å². The van der Waals surface area contributed by atoms with E-state index in [9.17, 15) is 29.4 Å². The van der Waals surface area contributed by atoms with Crippen LogP contribution in [0.25, 0.3) is 11.1 Å². The molecule has 0 atom stereocenters. The summed E-state index contributed by atoms with van der Waals surface area (Å²) in [6.07, 6.45) is 16.2. The third kappa shape index (κ3) is 11.9. The quantitative estimate of drug-likeness (QED) is 0.248. The van der Waals surface area contributed by atoms with Gasteiger partial charge in [-0.05, 0) is 36.1 Å². The maximum Gasteiger partial charge on any atom is 0.343 e. The smallest absolute Gasteiger partial charge is 0.343 e. The number of carbonyl (C=O) groups is 4. The van der Waals surface area contributed by atoms with Gasteiger partial charge < -0.3 is 30.0 Å². The number of aromatic nitrogens is 2. The predicted molar refractivity (Wildman–Crippen MR) is 236 cm³/mol. The molecule has 286 valence electrons. The first-order valence-electron chi connectivity index (χ1n) is 14.6. The van der Waals surface area contributed by atoms with Gasteiger partial charge in [-0.2, -0.15) is 0 Å². The summed E-state index contributed by atoms with van der Waals surface area (Å²) in [6, 6.07) is 8.48. The molecule has 0 unspecified atom stereocenters. The monoisotopic (exact) mass is 952 g/mol. The summed E-state index contributed by atoms with van der Waals surface area (Å²) in [5.74, 6) is -5.33. The Morgan fingerprint density at radius 2 is 0.722 bits per heavy atom. The lowest BCUT2D eigenvalue weighted by Gasteiger charge is -2.03. The summed E-state index contributed by atoms with van der Waals surface area (Å²) in [5.41, 5.74) is 2.51. The first-order chi connectivity index (χ1) is 25.7. The number of aliphatic carboxylic acids is 4. The van der Waals surface area contributed by atoms with Crippen LogP contribution in [0.4, 0.5) is 0 Å². The minimum absolute atomic E-state index is 0.165. The molecule has 0 fully saturated rings. The van der Waals surface area contributed by atoms with E-state index in [2.05, 4.69) is 49.1 Å². The van der Waals surface area contributed by atoms with Crippen LogP contribution >= 0.6 is 141 Å². The van der Waals surface area contributed by atoms with Crippen LogP contribution in [-0.4, -0.2) is 59.1 Å². The van der Waals surface area contributed by atoms with E-state index in [0.29, 0.717) is 8.47 Å². The lowest BCUT2D eigenvalue weighted by atomic mass is 10.1. The topological polar surface area (TPSA) is 163 Å². The van der Waals surface area contributed by atoms with E-state index in [1.165, 1.54) is 11.1 Å². The van der Waals surface area contributed by atoms with Gasteiger partial charge in [0.1, 0.15) is 23.9 Å². The third-order valence-electron chi connectivity index (χ3n) is 6.39. The molecule has 0 saturated heterocycles. The van der Waals surface area contributed by atoms with Crippen LogP contribution in [-0.2, 0) is 33.3 Å². The molecule has 0 aromatic carbocycles. The number of carbonyl (C=O) groups excluding carboxylic acids is 2. The maximum absolute atomic E-state index is 11.1. The van der Waals surface area contributed by atoms with E-state index >= 15 is 0 Å². The molecule has 54 heavy (non-hydrogen) atoms. The molecule has 0 bridgehead atoms. The SMILES string of the molecule is CSC1=C(SC)SC(=C2SC(C(=O)[O-])=C(C(=O)O)S2)S1.CSC1=C(SC)SC(=C2SC(C(=O)[O-])=C(C(=O)O)S2)S1.C[n+]1ccc(-c2cc[n+](C)cc2)cc1. The Hall–Kier alpha value is -1.18. The molecule has 0 aliphatic carbocycles. The van der Waals surface area contributed by atoms with Crippen LogP contribution in [0.1, 0.15) is 0 Å². The first kappa shape index (κ1) is 45.5. The number of hydrogen-bond acceptors (Lipinski definition) is 18. The maximum atomic E-state index is 11.1. The second-order valence-electron chi connectivity index (χ2n) is 9.94. The van der Waals surface area contributed by atoms with Gasteiger partial charge in [-0.1, -0.05) is 94.1 Å². The van der Waals surface area contributed by atoms with Gasteiger partial charge in [0.25, 0.3) is 0 Å². The van der Waals surface area contributed by atoms with Crippen molar-refractivity contribution in [1.29, 1.82) is 0 Å². The highest BCUT2D eigenvalue weighted by Gasteiger charge is 2.34. The van der Waals surface area contributed by atoms with Crippen molar-refractivity contribution in [3.8, 4) is 11.1 Å². The average molecular weight is 953 g/mol. The van der Waals surface area contributed by atoms with E-state index in [1.807, 2.05) is 48.3 Å². The summed E-state index contributed by atoms with van der Waals surface area (Å²) in [4.78, 5) is 43.4. The van der Waals surface area contributed by atoms with Crippen molar-refractivity contribution in [2.75, 3.05) is 25.0 Å². The zero-order valence-corrected chi connectivity index (χ0v) is 38.6. The normalized spacial score (nSPS) is 16.9. The van der Waals surface area contributed by atoms with E-state index < -0.39 is 23.9 Å². The summed E-state index contributed by atoms with van der Waals surface area (Å²) in [6.45, 7) is 0. The van der Waals surface area contributed by atoms with Crippen LogP contribution in [0, 0.1) is 0 Å². The van der Waals surface area contributed by atoms with Crippen molar-refractivity contribution >= 4 is 165 Å². The van der Waals surface area contributed by atoms with Gasteiger partial charge in [-0.15, -0.1) is 47.0 Å². The minimum atomic E-state index is -1.44. The molecular weight excluding hydrogens is 925 g/mol. The van der Waals surface area contributed by atoms with E-state index in [1.54, 1.807) is 94.1 Å². The van der Waals surface area contributed by atoms with Gasteiger partial charge in [0.05, 0.1) is 55.6 Å². The van der Waals surface area contributed by atoms with Gasteiger partial charge in [0, 0.05) is 24.3 Å². The minimum Gasteiger partial charge on any atom is -0.544 e. The molecule has 6 heterocycles. The molecule has 4 aliphatic rings. The van der Waals surface area contributed by atoms with Crippen molar-refractivity contribution in [1.82, 2.24) is 0 Å². The number of thioether (sulfide) groups is 12. The third-order valence-corrected chi connectivity index (χ3v) is 23.0. The standard InChI is InChI=1S/C12H14N2.2C10H8O4S6/c1-13-7-3-11(4-8-13)12-5-9-14(2)10-6-12;2*1-15-7-8(16-2)20-10(19-7)9-17-3(5(11)12)4(18-9)6(13)14/h3-10H,1-2H3;2*1-2H3,(H,11,12)(H,13,14)/q+2;;/p-2. The summed E-state index contributed by atoms with van der Waals surface area (Å²) in [5, 5.41) is 40.1. The summed E-state index contributed by atoms with van der Waals surface area (Å²) >= 11 is 16.7. The number of pyridine rings is 2. The Morgan fingerprint density at radius 1 is 0.481 bits per heavy atom. The van der Waals surface area contributed by atoms with Gasteiger partial charge in [0.2, 0.25) is 0 Å². The summed E-state index contributed by atoms with van der Waals surface area (Å²) < 4.78 is 12.0. The number of hydrogen-bond donors (Lipinski definition) is 2. The number of carboxylic acids is 4. The lowest BCUT2D eigenvalue weighted by Crippen LogP contribution is -2.26. The van der Waals surface area contributed by atoms with Crippen molar-refractivity contribution in [3.05, 3.63) is 103 Å². The van der Waals surface area contributed by atoms with Crippen LogP contribution < -0.4 is 19.3 Å². The largest absolute Gasteiger partial charge is 0.544 e. The summed E-state index contributed by atoms with van der Waals surface area (Å²) in [7, 11) is 4.05. The van der Waals surface area contributed by atoms with Crippen LogP contribution in [0.3, 0.4) is 0 Å². The highest BCUT2D eigenvalue weighted by Crippen LogP contribution is 2.64. The average Bonchev–Trinajstić information content (AvgIpc) is 3.96. The predicted octanol–water partition coefficient (Wildman–Crippen LogP) is 6.95. The number of nitrogens with zero attached hydrogens (tertiary/aromatic N) is 2. The van der Waals surface area contributed by atoms with Crippen molar-refractivity contribution in [2.24, 2.45) is 14.1 Å². The highest BCUT2D eigenvalue weighted by molar-refractivity contribution is 8.43. The number of rotatable bonds is 9. The zero-order chi connectivity index (χ0) is 39.7. The highest BCUT2D eigenvalue weighted by atomic mass is 32.3. The fraction of sp³-hybridized carbons (Fsp3) is 0.188. The van der Waals surface area contributed by atoms with Gasteiger partial charge in [-0.25, -0.2) is 18.7 Å². The van der Waals surface area contributed by atoms with Crippen LogP contribution in [0.2, 0.25) is 0 Å². The van der Waals surface area contributed by atoms with Crippen molar-refractivity contribution < 1.29 is 48.7 Å². The molecule has 2 aromatic rings. The first-order valence-corrected chi connectivity index (χ1v) is 26.0. The zero-order valence-electron chi connectivity index (χ0n) is 28.8. The molecule has 22 heteroatoms. The second-order valence-corrected chi connectivity index (χ2v) is 23.4. The van der Waals surface area contributed by atoms with Gasteiger partial charge in [-0.3, -0.25) is 0 Å². The van der Waals surface area contributed by atoms with Gasteiger partial charge >= 0.3 is 11.9 Å². The Morgan fingerprint density at radius 3 is 0.926 bits per heavy atom. The van der Waals surface area contributed by atoms with E-state index in [4.69, 9.17) is 10.2 Å². The van der Waals surface area contributed by atoms with Crippen LogP contribution in [0.15, 0.2) is 103 Å². The van der Waals surface area contributed by atoms with E-state index in [-0.39, 0.29) is 19.6 Å². The molecular formula is C32H28N2O8S12. The molecule has 6 rings (SSSR count). The molecule has 4 aliphatic heterocycles. The molecule has 0 saturated carbocycles. The molecule has 0 radical (unpaired) electrons. The van der Waals surface area contributed by atoms with Gasteiger partial charge in [0.15, 0.2) is 24.8 Å². The molecule has 2 N–H and O–H groups in total. The Bertz CT molecular complexity index is 1800. The van der Waals surface area contributed by atoms with Crippen molar-refractivity contribution in [3.63, 3.8) is 0 Å². The lowest BCUT2D eigenvalue weighted by molar-refractivity contribution is -0.671. The Balaban J connectivity index is 0.000000184.